The first-order valence-corrected chi connectivity index (χ1v) is 7.20. The molecule has 1 aromatic rings. The van der Waals surface area contributed by atoms with Gasteiger partial charge in [0, 0.05) is 12.1 Å². The van der Waals surface area contributed by atoms with Gasteiger partial charge in [-0.25, -0.2) is 0 Å². The molecule has 19 heavy (non-hydrogen) atoms. The Hall–Kier alpha value is -1.57. The fourth-order valence-electron chi connectivity index (χ4n) is 2.71. The summed E-state index contributed by atoms with van der Waals surface area (Å²) in [5.41, 5.74) is 2.29. The third-order valence-corrected chi connectivity index (χ3v) is 3.91. The lowest BCUT2D eigenvalue weighted by Crippen LogP contribution is -2.40. The summed E-state index contributed by atoms with van der Waals surface area (Å²) in [7, 11) is 0. The highest BCUT2D eigenvalue weighted by atomic mass is 16.1. The minimum absolute atomic E-state index is 0.0280. The molecule has 0 aromatic heterocycles. The molecule has 2 atom stereocenters. The Bertz CT molecular complexity index is 464. The van der Waals surface area contributed by atoms with Crippen molar-refractivity contribution in [3.05, 3.63) is 41.5 Å². The Balaban J connectivity index is 1.90. The SMILES string of the molecule is Cc1cccc(/C=C/C(=O)NC2CCCCC2C)c1. The summed E-state index contributed by atoms with van der Waals surface area (Å²) in [6.07, 6.45) is 8.41. The highest BCUT2D eigenvalue weighted by Crippen LogP contribution is 2.23. The topological polar surface area (TPSA) is 29.1 Å². The normalized spacial score (nSPS) is 23.5. The average Bonchev–Trinajstić information content (AvgIpc) is 2.39. The van der Waals surface area contributed by atoms with Crippen LogP contribution in [0.5, 0.6) is 0 Å². The van der Waals surface area contributed by atoms with E-state index in [-0.39, 0.29) is 5.91 Å². The quantitative estimate of drug-likeness (QED) is 0.822. The molecule has 0 saturated heterocycles. The van der Waals surface area contributed by atoms with Crippen molar-refractivity contribution in [2.45, 2.75) is 45.6 Å². The van der Waals surface area contributed by atoms with E-state index < -0.39 is 0 Å². The van der Waals surface area contributed by atoms with Crippen molar-refractivity contribution >= 4 is 12.0 Å². The number of carbonyl (C=O) groups excluding carboxylic acids is 1. The van der Waals surface area contributed by atoms with Crippen LogP contribution >= 0.6 is 0 Å². The van der Waals surface area contributed by atoms with Crippen LogP contribution in [-0.2, 0) is 4.79 Å². The molecule has 1 saturated carbocycles. The lowest BCUT2D eigenvalue weighted by Gasteiger charge is -2.29. The molecule has 1 aromatic carbocycles. The summed E-state index contributed by atoms with van der Waals surface area (Å²) in [5, 5.41) is 3.13. The second kappa shape index (κ2) is 6.55. The van der Waals surface area contributed by atoms with Gasteiger partial charge >= 0.3 is 0 Å². The first-order valence-electron chi connectivity index (χ1n) is 7.20. The molecule has 0 aliphatic heterocycles. The smallest absolute Gasteiger partial charge is 0.244 e. The maximum atomic E-state index is 11.9. The van der Waals surface area contributed by atoms with Gasteiger partial charge in [0.1, 0.15) is 0 Å². The number of hydrogen-bond donors (Lipinski definition) is 1. The molecule has 1 amide bonds. The van der Waals surface area contributed by atoms with Crippen LogP contribution < -0.4 is 5.32 Å². The van der Waals surface area contributed by atoms with E-state index in [4.69, 9.17) is 0 Å². The Morgan fingerprint density at radius 1 is 1.32 bits per heavy atom. The van der Waals surface area contributed by atoms with Gasteiger partial charge in [0.05, 0.1) is 0 Å². The molecule has 1 fully saturated rings. The number of carbonyl (C=O) groups is 1. The van der Waals surface area contributed by atoms with E-state index in [1.54, 1.807) is 6.08 Å². The summed E-state index contributed by atoms with van der Waals surface area (Å²) in [6, 6.07) is 8.51. The summed E-state index contributed by atoms with van der Waals surface area (Å²) in [6.45, 7) is 4.29. The summed E-state index contributed by atoms with van der Waals surface area (Å²) < 4.78 is 0. The molecule has 2 nitrogen and oxygen atoms in total. The van der Waals surface area contributed by atoms with Crippen LogP contribution in [0.4, 0.5) is 0 Å². The monoisotopic (exact) mass is 257 g/mol. The van der Waals surface area contributed by atoms with Crippen molar-refractivity contribution < 1.29 is 4.79 Å². The van der Waals surface area contributed by atoms with Gasteiger partial charge in [0.15, 0.2) is 0 Å². The zero-order valence-corrected chi connectivity index (χ0v) is 11.9. The molecule has 1 aliphatic carbocycles. The average molecular weight is 257 g/mol. The van der Waals surface area contributed by atoms with E-state index in [0.717, 1.165) is 12.0 Å². The molecule has 102 valence electrons. The van der Waals surface area contributed by atoms with E-state index in [1.165, 1.54) is 24.8 Å². The second-order valence-corrected chi connectivity index (χ2v) is 5.62. The third-order valence-electron chi connectivity index (χ3n) is 3.91. The van der Waals surface area contributed by atoms with E-state index >= 15 is 0 Å². The molecule has 1 aliphatic rings. The minimum atomic E-state index is 0.0280. The first kappa shape index (κ1) is 13.9. The van der Waals surface area contributed by atoms with Crippen molar-refractivity contribution in [3.63, 3.8) is 0 Å². The highest BCUT2D eigenvalue weighted by molar-refractivity contribution is 5.91. The van der Waals surface area contributed by atoms with Crippen molar-refractivity contribution in [2.24, 2.45) is 5.92 Å². The Labute approximate surface area is 115 Å². The Morgan fingerprint density at radius 2 is 2.11 bits per heavy atom. The van der Waals surface area contributed by atoms with Gasteiger partial charge in [-0.1, -0.05) is 49.6 Å². The predicted molar refractivity (Wildman–Crippen MR) is 79.8 cm³/mol. The van der Waals surface area contributed by atoms with Gasteiger partial charge in [-0.15, -0.1) is 0 Å². The van der Waals surface area contributed by atoms with Crippen molar-refractivity contribution in [1.82, 2.24) is 5.32 Å². The third kappa shape index (κ3) is 4.23. The molecule has 2 unspecified atom stereocenters. The minimum Gasteiger partial charge on any atom is -0.350 e. The zero-order chi connectivity index (χ0) is 13.7. The van der Waals surface area contributed by atoms with Gasteiger partial charge < -0.3 is 5.32 Å². The summed E-state index contributed by atoms with van der Waals surface area (Å²) in [4.78, 5) is 11.9. The molecule has 0 heterocycles. The standard InChI is InChI=1S/C17H23NO/c1-13-6-5-8-15(12-13)10-11-17(19)18-16-9-4-3-7-14(16)2/h5-6,8,10-12,14,16H,3-4,7,9H2,1-2H3,(H,18,19)/b11-10+. The fraction of sp³-hybridized carbons (Fsp3) is 0.471. The number of rotatable bonds is 3. The van der Waals surface area contributed by atoms with Crippen LogP contribution in [0.2, 0.25) is 0 Å². The predicted octanol–water partition coefficient (Wildman–Crippen LogP) is 3.70. The second-order valence-electron chi connectivity index (χ2n) is 5.62. The Morgan fingerprint density at radius 3 is 2.84 bits per heavy atom. The van der Waals surface area contributed by atoms with Gasteiger partial charge in [0.2, 0.25) is 5.91 Å². The number of hydrogen-bond acceptors (Lipinski definition) is 1. The molecular formula is C17H23NO. The molecule has 2 rings (SSSR count). The maximum Gasteiger partial charge on any atom is 0.244 e. The highest BCUT2D eigenvalue weighted by Gasteiger charge is 2.21. The van der Waals surface area contributed by atoms with Crippen LogP contribution in [0.1, 0.15) is 43.7 Å². The van der Waals surface area contributed by atoms with Crippen LogP contribution in [0.25, 0.3) is 6.08 Å². The van der Waals surface area contributed by atoms with Crippen molar-refractivity contribution in [1.29, 1.82) is 0 Å². The number of amides is 1. The molecule has 1 N–H and O–H groups in total. The number of benzene rings is 1. The Kier molecular flexibility index (Phi) is 4.78. The molecule has 0 bridgehead atoms. The van der Waals surface area contributed by atoms with Gasteiger partial charge in [-0.05, 0) is 37.3 Å². The van der Waals surface area contributed by atoms with Crippen LogP contribution in [0.3, 0.4) is 0 Å². The molecule has 0 spiro atoms. The largest absolute Gasteiger partial charge is 0.350 e. The number of nitrogens with one attached hydrogen (secondary N) is 1. The van der Waals surface area contributed by atoms with Gasteiger partial charge in [-0.3, -0.25) is 4.79 Å². The van der Waals surface area contributed by atoms with Crippen molar-refractivity contribution in [3.8, 4) is 0 Å². The van der Waals surface area contributed by atoms with E-state index in [1.807, 2.05) is 18.2 Å². The van der Waals surface area contributed by atoms with E-state index in [9.17, 15) is 4.79 Å². The van der Waals surface area contributed by atoms with Gasteiger partial charge in [-0.2, -0.15) is 0 Å². The van der Waals surface area contributed by atoms with E-state index in [0.29, 0.717) is 12.0 Å². The lowest BCUT2D eigenvalue weighted by molar-refractivity contribution is -0.117. The summed E-state index contributed by atoms with van der Waals surface area (Å²) in [5.74, 6) is 0.630. The van der Waals surface area contributed by atoms with E-state index in [2.05, 4.69) is 31.3 Å². The summed E-state index contributed by atoms with van der Waals surface area (Å²) >= 11 is 0. The molecule has 2 heteroatoms. The zero-order valence-electron chi connectivity index (χ0n) is 11.9. The van der Waals surface area contributed by atoms with Crippen LogP contribution in [0, 0.1) is 12.8 Å². The van der Waals surface area contributed by atoms with Gasteiger partial charge in [0.25, 0.3) is 0 Å². The van der Waals surface area contributed by atoms with Crippen molar-refractivity contribution in [2.75, 3.05) is 0 Å². The molecule has 0 radical (unpaired) electrons. The number of aryl methyl sites for hydroxylation is 1. The van der Waals surface area contributed by atoms with Crippen LogP contribution in [0.15, 0.2) is 30.3 Å². The lowest BCUT2D eigenvalue weighted by atomic mass is 9.86. The maximum absolute atomic E-state index is 11.9. The van der Waals surface area contributed by atoms with Crippen LogP contribution in [-0.4, -0.2) is 11.9 Å². The first-order chi connectivity index (χ1) is 9.15. The fourth-order valence-corrected chi connectivity index (χ4v) is 2.71. The molecular weight excluding hydrogens is 234 g/mol.